The summed E-state index contributed by atoms with van der Waals surface area (Å²) in [5.41, 5.74) is 1.87. The van der Waals surface area contributed by atoms with Gasteiger partial charge in [-0.05, 0) is 37.6 Å². The molecule has 1 amide bonds. The van der Waals surface area contributed by atoms with Gasteiger partial charge in [0.1, 0.15) is 0 Å². The predicted octanol–water partition coefficient (Wildman–Crippen LogP) is 2.57. The Morgan fingerprint density at radius 3 is 2.95 bits per heavy atom. The molecule has 1 atom stereocenters. The van der Waals surface area contributed by atoms with E-state index in [1.807, 2.05) is 6.07 Å². The molecule has 0 radical (unpaired) electrons. The number of fused-ring (bicyclic) bond motifs is 1. The number of aromatic nitrogens is 1. The van der Waals surface area contributed by atoms with E-state index in [9.17, 15) is 9.70 Å². The van der Waals surface area contributed by atoms with Crippen LogP contribution in [0.1, 0.15) is 34.8 Å². The zero-order valence-corrected chi connectivity index (χ0v) is 11.6. The van der Waals surface area contributed by atoms with Crippen LogP contribution in [0.5, 0.6) is 5.88 Å². The number of nitrogens with zero attached hydrogens (tertiary/aromatic N) is 2. The van der Waals surface area contributed by atoms with Crippen molar-refractivity contribution < 1.29 is 9.53 Å². The van der Waals surface area contributed by atoms with Crippen LogP contribution in [-0.2, 0) is 0 Å². The van der Waals surface area contributed by atoms with Gasteiger partial charge in [0.25, 0.3) is 0 Å². The predicted molar refractivity (Wildman–Crippen MR) is 78.4 cm³/mol. The van der Waals surface area contributed by atoms with Gasteiger partial charge in [0, 0.05) is 27.7 Å². The van der Waals surface area contributed by atoms with E-state index < -0.39 is 5.91 Å². The summed E-state index contributed by atoms with van der Waals surface area (Å²) in [6, 6.07) is 7.19. The van der Waals surface area contributed by atoms with E-state index in [0.29, 0.717) is 11.4 Å². The van der Waals surface area contributed by atoms with E-state index in [1.165, 1.54) is 0 Å². The molecule has 6 heteroatoms. The number of nitroso groups, excluding NO2 is 1. The van der Waals surface area contributed by atoms with E-state index >= 15 is 0 Å². The number of ether oxygens (including phenoxy) is 1. The molecule has 21 heavy (non-hydrogen) atoms. The first-order valence-electron chi connectivity index (χ1n) is 6.82. The molecule has 1 N–H and O–H groups in total. The fraction of sp³-hybridized carbons (Fsp3) is 0.333. The smallest absolute Gasteiger partial charge is 0.316 e. The SMILES string of the molecule is COc1nc2cc(C(=O)N=O)ccc2cc1C1CCCN1. The van der Waals surface area contributed by atoms with E-state index in [4.69, 9.17) is 4.74 Å². The molecule has 1 aliphatic heterocycles. The molecule has 2 aromatic rings. The Morgan fingerprint density at radius 1 is 1.43 bits per heavy atom. The molecular formula is C15H15N3O3. The second kappa shape index (κ2) is 5.57. The van der Waals surface area contributed by atoms with Crippen LogP contribution in [0.15, 0.2) is 29.4 Å². The van der Waals surface area contributed by atoms with Crippen molar-refractivity contribution in [3.05, 3.63) is 40.3 Å². The summed E-state index contributed by atoms with van der Waals surface area (Å²) in [6.07, 6.45) is 2.18. The van der Waals surface area contributed by atoms with Crippen LogP contribution >= 0.6 is 0 Å². The number of carbonyl (C=O) groups is 1. The van der Waals surface area contributed by atoms with Gasteiger partial charge in [-0.1, -0.05) is 6.07 Å². The maximum absolute atomic E-state index is 11.3. The standard InChI is InChI=1S/C15H15N3O3/c1-21-15-11(12-3-2-6-16-12)7-9-4-5-10(14(19)18-20)8-13(9)17-15/h4-5,7-8,12,16H,2-3,6H2,1H3. The fourth-order valence-corrected chi connectivity index (χ4v) is 2.71. The highest BCUT2D eigenvalue weighted by Crippen LogP contribution is 2.32. The average Bonchev–Trinajstić information content (AvgIpc) is 3.06. The van der Waals surface area contributed by atoms with Crippen LogP contribution in [0.3, 0.4) is 0 Å². The van der Waals surface area contributed by atoms with Gasteiger partial charge in [0.2, 0.25) is 5.88 Å². The first-order chi connectivity index (χ1) is 10.2. The van der Waals surface area contributed by atoms with Crippen molar-refractivity contribution in [2.75, 3.05) is 13.7 Å². The summed E-state index contributed by atoms with van der Waals surface area (Å²) in [5, 5.41) is 6.76. The number of methoxy groups -OCH3 is 1. The van der Waals surface area contributed by atoms with Gasteiger partial charge >= 0.3 is 5.91 Å². The number of nitrogens with one attached hydrogen (secondary N) is 1. The number of hydrogen-bond donors (Lipinski definition) is 1. The molecular weight excluding hydrogens is 270 g/mol. The minimum absolute atomic E-state index is 0.235. The first-order valence-corrected chi connectivity index (χ1v) is 6.82. The summed E-state index contributed by atoms with van der Waals surface area (Å²) in [4.78, 5) is 26.1. The monoisotopic (exact) mass is 285 g/mol. The Bertz CT molecular complexity index is 709. The summed E-state index contributed by atoms with van der Waals surface area (Å²) < 4.78 is 5.37. The minimum atomic E-state index is -0.792. The van der Waals surface area contributed by atoms with E-state index in [2.05, 4.69) is 15.5 Å². The normalized spacial score (nSPS) is 17.9. The quantitative estimate of drug-likeness (QED) is 0.877. The van der Waals surface area contributed by atoms with Gasteiger partial charge in [-0.3, -0.25) is 4.79 Å². The van der Waals surface area contributed by atoms with Crippen molar-refractivity contribution >= 4 is 16.8 Å². The Kier molecular flexibility index (Phi) is 3.62. The van der Waals surface area contributed by atoms with Crippen molar-refractivity contribution in [2.45, 2.75) is 18.9 Å². The molecule has 0 aliphatic carbocycles. The van der Waals surface area contributed by atoms with Crippen molar-refractivity contribution in [2.24, 2.45) is 5.18 Å². The molecule has 0 bridgehead atoms. The average molecular weight is 285 g/mol. The maximum Gasteiger partial charge on any atom is 0.316 e. The van der Waals surface area contributed by atoms with E-state index in [1.54, 1.807) is 25.3 Å². The molecule has 6 nitrogen and oxygen atoms in total. The lowest BCUT2D eigenvalue weighted by Gasteiger charge is -2.15. The van der Waals surface area contributed by atoms with Crippen LogP contribution < -0.4 is 10.1 Å². The van der Waals surface area contributed by atoms with Crippen LogP contribution in [-0.4, -0.2) is 24.5 Å². The molecule has 108 valence electrons. The Labute approximate surface area is 121 Å². The fourth-order valence-electron chi connectivity index (χ4n) is 2.71. The molecule has 1 unspecified atom stereocenters. The van der Waals surface area contributed by atoms with Crippen LogP contribution in [0, 0.1) is 4.91 Å². The lowest BCUT2D eigenvalue weighted by Crippen LogP contribution is -2.14. The molecule has 1 aromatic carbocycles. The third-order valence-corrected chi connectivity index (χ3v) is 3.77. The summed E-state index contributed by atoms with van der Waals surface area (Å²) in [7, 11) is 1.58. The number of pyridine rings is 1. The second-order valence-corrected chi connectivity index (χ2v) is 5.04. The Balaban J connectivity index is 2.10. The molecule has 0 saturated carbocycles. The Morgan fingerprint density at radius 2 is 2.29 bits per heavy atom. The lowest BCUT2D eigenvalue weighted by molar-refractivity contribution is 0.100. The van der Waals surface area contributed by atoms with Crippen LogP contribution in [0.25, 0.3) is 10.9 Å². The zero-order valence-electron chi connectivity index (χ0n) is 11.6. The van der Waals surface area contributed by atoms with Crippen molar-refractivity contribution in [1.29, 1.82) is 0 Å². The molecule has 1 saturated heterocycles. The highest BCUT2D eigenvalue weighted by atomic mass is 16.5. The molecule has 3 rings (SSSR count). The molecule has 1 aliphatic rings. The van der Waals surface area contributed by atoms with Crippen molar-refractivity contribution in [1.82, 2.24) is 10.3 Å². The summed E-state index contributed by atoms with van der Waals surface area (Å²) in [6.45, 7) is 0.990. The van der Waals surface area contributed by atoms with E-state index in [-0.39, 0.29) is 11.6 Å². The number of rotatable bonds is 3. The van der Waals surface area contributed by atoms with Gasteiger partial charge in [-0.15, -0.1) is 4.91 Å². The van der Waals surface area contributed by atoms with Gasteiger partial charge in [-0.2, -0.15) is 0 Å². The van der Waals surface area contributed by atoms with Gasteiger partial charge in [0.15, 0.2) is 0 Å². The van der Waals surface area contributed by atoms with E-state index in [0.717, 1.165) is 30.3 Å². The molecule has 2 heterocycles. The number of hydrogen-bond acceptors (Lipinski definition) is 5. The van der Waals surface area contributed by atoms with Crippen molar-refractivity contribution in [3.8, 4) is 5.88 Å². The molecule has 0 spiro atoms. The lowest BCUT2D eigenvalue weighted by atomic mass is 10.0. The highest BCUT2D eigenvalue weighted by Gasteiger charge is 2.21. The summed E-state index contributed by atoms with van der Waals surface area (Å²) in [5.74, 6) is -0.246. The number of amides is 1. The third-order valence-electron chi connectivity index (χ3n) is 3.77. The second-order valence-electron chi connectivity index (χ2n) is 5.04. The van der Waals surface area contributed by atoms with Gasteiger partial charge < -0.3 is 10.1 Å². The highest BCUT2D eigenvalue weighted by molar-refractivity contribution is 5.98. The molecule has 1 fully saturated rings. The maximum atomic E-state index is 11.3. The van der Waals surface area contributed by atoms with Gasteiger partial charge in [0.05, 0.1) is 12.6 Å². The number of benzene rings is 1. The summed E-state index contributed by atoms with van der Waals surface area (Å²) >= 11 is 0. The Hall–Kier alpha value is -2.34. The minimum Gasteiger partial charge on any atom is -0.481 e. The molecule has 1 aromatic heterocycles. The topological polar surface area (TPSA) is 80.7 Å². The largest absolute Gasteiger partial charge is 0.481 e. The van der Waals surface area contributed by atoms with Crippen molar-refractivity contribution in [3.63, 3.8) is 0 Å². The van der Waals surface area contributed by atoms with Crippen LogP contribution in [0.4, 0.5) is 0 Å². The van der Waals surface area contributed by atoms with Crippen LogP contribution in [0.2, 0.25) is 0 Å². The first kappa shape index (κ1) is 13.6. The third kappa shape index (κ3) is 2.50. The van der Waals surface area contributed by atoms with Gasteiger partial charge in [-0.25, -0.2) is 4.98 Å². The zero-order chi connectivity index (χ0) is 14.8. The number of carbonyl (C=O) groups excluding carboxylic acids is 1.